The van der Waals surface area contributed by atoms with Crippen molar-refractivity contribution < 1.29 is 18.8 Å². The predicted octanol–water partition coefficient (Wildman–Crippen LogP) is 3.52. The highest BCUT2D eigenvalue weighted by Crippen LogP contribution is 2.38. The van der Waals surface area contributed by atoms with Crippen LogP contribution in [0.15, 0.2) is 29.3 Å². The van der Waals surface area contributed by atoms with Gasteiger partial charge >= 0.3 is 0 Å². The minimum atomic E-state index is -1.80. The lowest BCUT2D eigenvalue weighted by Gasteiger charge is -2.38. The first-order chi connectivity index (χ1) is 12.6. The van der Waals surface area contributed by atoms with Gasteiger partial charge in [0, 0.05) is 12.8 Å². The molecule has 0 bridgehead atoms. The average molecular weight is 393 g/mol. The highest BCUT2D eigenvalue weighted by Gasteiger charge is 2.40. The van der Waals surface area contributed by atoms with Crippen LogP contribution in [-0.2, 0) is 20.5 Å². The van der Waals surface area contributed by atoms with Gasteiger partial charge in [-0.2, -0.15) is 0 Å². The number of amidine groups is 1. The first-order valence-corrected chi connectivity index (χ1v) is 12.2. The lowest BCUT2D eigenvalue weighted by Crippen LogP contribution is -2.44. The molecular weight excluding hydrogens is 360 g/mol. The number of nitrogens with zero attached hydrogens (tertiary/aromatic N) is 1. The van der Waals surface area contributed by atoms with Gasteiger partial charge in [-0.05, 0) is 35.8 Å². The Morgan fingerprint density at radius 1 is 1.26 bits per heavy atom. The average Bonchev–Trinajstić information content (AvgIpc) is 3.01. The summed E-state index contributed by atoms with van der Waals surface area (Å²) in [5.41, 5.74) is 3.75. The van der Waals surface area contributed by atoms with Crippen LogP contribution in [0.4, 0.5) is 0 Å². The van der Waals surface area contributed by atoms with Crippen molar-refractivity contribution in [3.05, 3.63) is 29.8 Å². The number of nitrogens with one attached hydrogen (secondary N) is 1. The lowest BCUT2D eigenvalue weighted by atomic mass is 10.1. The van der Waals surface area contributed by atoms with Crippen LogP contribution in [0.1, 0.15) is 32.8 Å². The summed E-state index contributed by atoms with van der Waals surface area (Å²) in [6, 6.07) is 7.46. The molecule has 27 heavy (non-hydrogen) atoms. The molecule has 0 amide bonds. The fourth-order valence-corrected chi connectivity index (χ4v) is 3.87. The van der Waals surface area contributed by atoms with Crippen LogP contribution >= 0.6 is 0 Å². The molecule has 0 aliphatic carbocycles. The molecule has 0 fully saturated rings. The second-order valence-electron chi connectivity index (χ2n) is 8.45. The van der Waals surface area contributed by atoms with Crippen molar-refractivity contribution in [3.8, 4) is 5.75 Å². The minimum Gasteiger partial charge on any atom is -0.497 e. The van der Waals surface area contributed by atoms with Crippen LogP contribution in [-0.4, -0.2) is 46.3 Å². The van der Waals surface area contributed by atoms with Gasteiger partial charge in [-0.25, -0.2) is 0 Å². The maximum Gasteiger partial charge on any atom is 0.192 e. The largest absolute Gasteiger partial charge is 0.497 e. The van der Waals surface area contributed by atoms with Crippen molar-refractivity contribution in [2.24, 2.45) is 4.99 Å². The minimum absolute atomic E-state index is 0.000312. The van der Waals surface area contributed by atoms with Gasteiger partial charge < -0.3 is 9.16 Å². The standard InChI is InChI=1S/C20H32N2O4Si/c1-20(2,3)27(5,6)26-18-12-19(21-13-18)22-25-14-16(23)11-15-7-9-17(24-4)10-8-15/h7-10,18H,11-14H2,1-6H3,(H,21,22). The Morgan fingerprint density at radius 2 is 1.93 bits per heavy atom. The molecule has 1 aliphatic rings. The highest BCUT2D eigenvalue weighted by atomic mass is 28.4. The van der Waals surface area contributed by atoms with Crippen LogP contribution in [0.2, 0.25) is 18.1 Å². The Hall–Kier alpha value is -1.70. The smallest absolute Gasteiger partial charge is 0.192 e. The molecule has 0 aromatic heterocycles. The summed E-state index contributed by atoms with van der Waals surface area (Å²) in [5.74, 6) is 1.52. The van der Waals surface area contributed by atoms with E-state index in [-0.39, 0.29) is 23.5 Å². The number of rotatable bonds is 8. The maximum absolute atomic E-state index is 12.0. The van der Waals surface area contributed by atoms with Crippen LogP contribution in [0, 0.1) is 0 Å². The third-order valence-corrected chi connectivity index (χ3v) is 9.69. The van der Waals surface area contributed by atoms with Crippen molar-refractivity contribution in [2.75, 3.05) is 20.3 Å². The molecule has 6 nitrogen and oxygen atoms in total. The van der Waals surface area contributed by atoms with Gasteiger partial charge in [0.25, 0.3) is 0 Å². The fourth-order valence-electron chi connectivity index (χ4n) is 2.53. The molecule has 150 valence electrons. The highest BCUT2D eigenvalue weighted by molar-refractivity contribution is 6.74. The Labute approximate surface area is 163 Å². The summed E-state index contributed by atoms with van der Waals surface area (Å²) in [5, 5.41) is 0.174. The van der Waals surface area contributed by atoms with E-state index in [4.69, 9.17) is 14.0 Å². The summed E-state index contributed by atoms with van der Waals surface area (Å²) in [7, 11) is -0.185. The molecule has 1 aromatic rings. The summed E-state index contributed by atoms with van der Waals surface area (Å²) in [6.07, 6.45) is 1.11. The quantitative estimate of drug-likeness (QED) is 0.541. The van der Waals surface area contributed by atoms with E-state index in [1.807, 2.05) is 24.3 Å². The molecule has 0 saturated carbocycles. The number of hydrogen-bond acceptors (Lipinski definition) is 6. The van der Waals surface area contributed by atoms with Gasteiger partial charge in [-0.1, -0.05) is 32.9 Å². The monoisotopic (exact) mass is 392 g/mol. The summed E-state index contributed by atoms with van der Waals surface area (Å²) in [6.45, 7) is 11.8. The number of hydrogen-bond donors (Lipinski definition) is 1. The Morgan fingerprint density at radius 3 is 2.52 bits per heavy atom. The van der Waals surface area contributed by atoms with Crippen molar-refractivity contribution >= 4 is 19.9 Å². The molecule has 0 radical (unpaired) electrons. The number of hydroxylamine groups is 1. The number of ether oxygens (including phenoxy) is 1. The third kappa shape index (κ3) is 6.44. The van der Waals surface area contributed by atoms with E-state index in [1.54, 1.807) is 7.11 Å². The van der Waals surface area contributed by atoms with Crippen molar-refractivity contribution in [2.45, 2.75) is 57.8 Å². The first-order valence-electron chi connectivity index (χ1n) is 9.34. The number of Topliss-reactive ketones (excluding diaryl/α,β-unsaturated/α-hetero) is 1. The molecular formula is C20H32N2O4Si. The fraction of sp³-hybridized carbons (Fsp3) is 0.600. The number of aliphatic imine (C=N–C) groups is 1. The normalized spacial score (nSPS) is 17.6. The van der Waals surface area contributed by atoms with E-state index in [0.717, 1.165) is 17.1 Å². The van der Waals surface area contributed by atoms with Crippen molar-refractivity contribution in [1.29, 1.82) is 0 Å². The number of benzene rings is 1. The molecule has 1 heterocycles. The van der Waals surface area contributed by atoms with Gasteiger partial charge in [-0.15, -0.1) is 0 Å². The molecule has 1 unspecified atom stereocenters. The lowest BCUT2D eigenvalue weighted by molar-refractivity contribution is -0.124. The zero-order chi connectivity index (χ0) is 20.1. The van der Waals surface area contributed by atoms with E-state index >= 15 is 0 Å². The van der Waals surface area contributed by atoms with Gasteiger partial charge in [0.2, 0.25) is 0 Å². The Kier molecular flexibility index (Phi) is 7.19. The van der Waals surface area contributed by atoms with Gasteiger partial charge in [0.1, 0.15) is 18.2 Å². The van der Waals surface area contributed by atoms with E-state index in [1.165, 1.54) is 0 Å². The van der Waals surface area contributed by atoms with E-state index < -0.39 is 8.32 Å². The molecule has 0 spiro atoms. The van der Waals surface area contributed by atoms with E-state index in [0.29, 0.717) is 19.4 Å². The number of ketones is 1. The van der Waals surface area contributed by atoms with Crippen LogP contribution in [0.25, 0.3) is 0 Å². The van der Waals surface area contributed by atoms with Crippen molar-refractivity contribution in [1.82, 2.24) is 5.48 Å². The molecule has 0 saturated heterocycles. The first kappa shape index (κ1) is 21.6. The number of carbonyl (C=O) groups excluding carboxylic acids is 1. The Balaban J connectivity index is 1.69. The topological polar surface area (TPSA) is 69.2 Å². The summed E-state index contributed by atoms with van der Waals surface area (Å²) >= 11 is 0. The molecule has 7 heteroatoms. The summed E-state index contributed by atoms with van der Waals surface area (Å²) in [4.78, 5) is 21.8. The molecule has 1 aliphatic heterocycles. The third-order valence-electron chi connectivity index (χ3n) is 5.16. The van der Waals surface area contributed by atoms with Crippen molar-refractivity contribution in [3.63, 3.8) is 0 Å². The molecule has 2 rings (SSSR count). The predicted molar refractivity (Wildman–Crippen MR) is 110 cm³/mol. The molecule has 1 N–H and O–H groups in total. The van der Waals surface area contributed by atoms with E-state index in [9.17, 15) is 4.79 Å². The SMILES string of the molecule is COc1ccc(CC(=O)CONC2=NCC(O[Si](C)(C)C(C)(C)C)C2)cc1. The molecule has 1 aromatic carbocycles. The van der Waals surface area contributed by atoms with E-state index in [2.05, 4.69) is 44.3 Å². The van der Waals surface area contributed by atoms with Gasteiger partial charge in [-0.3, -0.25) is 20.1 Å². The number of methoxy groups -OCH3 is 1. The van der Waals surface area contributed by atoms with Gasteiger partial charge in [0.15, 0.2) is 14.1 Å². The Bertz CT molecular complexity index is 666. The zero-order valence-electron chi connectivity index (χ0n) is 17.3. The summed E-state index contributed by atoms with van der Waals surface area (Å²) < 4.78 is 11.5. The second kappa shape index (κ2) is 8.99. The van der Waals surface area contributed by atoms with Crippen LogP contribution in [0.3, 0.4) is 0 Å². The zero-order valence-corrected chi connectivity index (χ0v) is 18.3. The van der Waals surface area contributed by atoms with Crippen LogP contribution in [0.5, 0.6) is 5.75 Å². The van der Waals surface area contributed by atoms with Gasteiger partial charge in [0.05, 0.1) is 19.8 Å². The maximum atomic E-state index is 12.0. The second-order valence-corrected chi connectivity index (χ2v) is 13.2. The number of carbonyl (C=O) groups is 1. The molecule has 1 atom stereocenters. The van der Waals surface area contributed by atoms with Crippen LogP contribution < -0.4 is 10.2 Å².